The molecule has 0 aliphatic carbocycles. The summed E-state index contributed by atoms with van der Waals surface area (Å²) in [6, 6.07) is 8.34. The predicted octanol–water partition coefficient (Wildman–Crippen LogP) is 2.85. The van der Waals surface area contributed by atoms with Gasteiger partial charge in [0.15, 0.2) is 0 Å². The summed E-state index contributed by atoms with van der Waals surface area (Å²) in [5.74, 6) is 1.70. The molecule has 0 saturated carbocycles. The zero-order valence-corrected chi connectivity index (χ0v) is 14.2. The number of ether oxygens (including phenoxy) is 1. The first kappa shape index (κ1) is 16.0. The Kier molecular flexibility index (Phi) is 4.98. The highest BCUT2D eigenvalue weighted by Gasteiger charge is 2.27. The van der Waals surface area contributed by atoms with Gasteiger partial charge in [0.05, 0.1) is 12.1 Å². The third kappa shape index (κ3) is 3.57. The fraction of sp³-hybridized carbons (Fsp3) is 0.412. The molecule has 1 unspecified atom stereocenters. The molecule has 1 saturated heterocycles. The van der Waals surface area contributed by atoms with Crippen LogP contribution in [0.1, 0.15) is 12.0 Å². The molecule has 3 rings (SSSR count). The van der Waals surface area contributed by atoms with Crippen molar-refractivity contribution >= 4 is 17.4 Å². The van der Waals surface area contributed by atoms with Crippen LogP contribution < -0.4 is 9.64 Å². The van der Waals surface area contributed by atoms with Crippen molar-refractivity contribution in [2.24, 2.45) is 0 Å². The topological polar surface area (TPSA) is 41.5 Å². The van der Waals surface area contributed by atoms with Crippen LogP contribution in [0.25, 0.3) is 0 Å². The number of hydrogen-bond acceptors (Lipinski definition) is 5. The Hall–Kier alpha value is -1.85. The molecule has 0 radical (unpaired) electrons. The number of anilines is 1. The summed E-state index contributed by atoms with van der Waals surface area (Å²) in [4.78, 5) is 13.0. The minimum absolute atomic E-state index is 0.453. The zero-order valence-electron chi connectivity index (χ0n) is 13.4. The van der Waals surface area contributed by atoms with Gasteiger partial charge < -0.3 is 9.64 Å². The van der Waals surface area contributed by atoms with Gasteiger partial charge in [0, 0.05) is 38.9 Å². The Morgan fingerprint density at radius 3 is 3.00 bits per heavy atom. The Morgan fingerprint density at radius 2 is 2.26 bits per heavy atom. The van der Waals surface area contributed by atoms with Crippen molar-refractivity contribution in [1.82, 2.24) is 14.9 Å². The van der Waals surface area contributed by atoms with Crippen molar-refractivity contribution in [3.05, 3.63) is 47.4 Å². The van der Waals surface area contributed by atoms with E-state index >= 15 is 0 Å². The van der Waals surface area contributed by atoms with E-state index in [1.54, 1.807) is 19.6 Å². The molecule has 23 heavy (non-hydrogen) atoms. The first-order valence-electron chi connectivity index (χ1n) is 7.71. The van der Waals surface area contributed by atoms with Crippen LogP contribution >= 0.6 is 11.6 Å². The molecule has 2 heterocycles. The minimum Gasteiger partial charge on any atom is -0.495 e. The minimum atomic E-state index is 0.453. The van der Waals surface area contributed by atoms with Gasteiger partial charge in [-0.1, -0.05) is 23.7 Å². The van der Waals surface area contributed by atoms with Crippen LogP contribution in [0.3, 0.4) is 0 Å². The Labute approximate surface area is 141 Å². The molecule has 0 amide bonds. The van der Waals surface area contributed by atoms with Gasteiger partial charge in [0.25, 0.3) is 0 Å². The second-order valence-corrected chi connectivity index (χ2v) is 6.17. The van der Waals surface area contributed by atoms with Gasteiger partial charge in [-0.25, -0.2) is 9.97 Å². The molecule has 1 aliphatic rings. The van der Waals surface area contributed by atoms with Crippen LogP contribution in [0.5, 0.6) is 5.75 Å². The van der Waals surface area contributed by atoms with Crippen molar-refractivity contribution < 1.29 is 4.74 Å². The maximum absolute atomic E-state index is 6.40. The molecule has 122 valence electrons. The third-order valence-corrected chi connectivity index (χ3v) is 4.81. The molecule has 2 aromatic rings. The highest BCUT2D eigenvalue weighted by Crippen LogP contribution is 2.30. The fourth-order valence-corrected chi connectivity index (χ4v) is 3.29. The summed E-state index contributed by atoms with van der Waals surface area (Å²) in [5, 5.41) is 0.711. The lowest BCUT2D eigenvalue weighted by molar-refractivity contribution is 0.325. The number of benzene rings is 1. The highest BCUT2D eigenvalue weighted by molar-refractivity contribution is 6.32. The summed E-state index contributed by atoms with van der Waals surface area (Å²) >= 11 is 6.40. The first-order valence-corrected chi connectivity index (χ1v) is 8.09. The average Bonchev–Trinajstić information content (AvgIpc) is 3.05. The van der Waals surface area contributed by atoms with Gasteiger partial charge in [0.1, 0.15) is 17.9 Å². The predicted molar refractivity (Wildman–Crippen MR) is 92.1 cm³/mol. The maximum atomic E-state index is 6.40. The largest absolute Gasteiger partial charge is 0.495 e. The van der Waals surface area contributed by atoms with E-state index in [2.05, 4.69) is 32.9 Å². The maximum Gasteiger partial charge on any atom is 0.137 e. The van der Waals surface area contributed by atoms with Crippen molar-refractivity contribution in [2.75, 3.05) is 32.1 Å². The Balaban J connectivity index is 1.64. The van der Waals surface area contributed by atoms with Crippen molar-refractivity contribution in [3.63, 3.8) is 0 Å². The molecule has 1 aromatic carbocycles. The van der Waals surface area contributed by atoms with Crippen molar-refractivity contribution in [1.29, 1.82) is 0 Å². The van der Waals surface area contributed by atoms with Gasteiger partial charge in [-0.3, -0.25) is 4.90 Å². The number of hydrogen-bond donors (Lipinski definition) is 0. The van der Waals surface area contributed by atoms with Gasteiger partial charge in [-0.2, -0.15) is 0 Å². The molecule has 1 aromatic heterocycles. The Morgan fingerprint density at radius 1 is 1.39 bits per heavy atom. The summed E-state index contributed by atoms with van der Waals surface area (Å²) in [6.07, 6.45) is 4.48. The highest BCUT2D eigenvalue weighted by atomic mass is 35.5. The second kappa shape index (κ2) is 7.15. The average molecular weight is 333 g/mol. The standard InChI is InChI=1S/C17H21ClN4O/c1-21(16-6-8-19-12-20-16)14-7-9-22(11-14)10-13-4-3-5-15(23-2)17(13)18/h3-6,8,12,14H,7,9-11H2,1-2H3. The second-order valence-electron chi connectivity index (χ2n) is 5.79. The van der Waals surface area contributed by atoms with Crippen LogP contribution in [0.15, 0.2) is 36.8 Å². The molecule has 6 heteroatoms. The lowest BCUT2D eigenvalue weighted by Gasteiger charge is -2.25. The molecular formula is C17H21ClN4O. The number of halogens is 1. The van der Waals surface area contributed by atoms with E-state index in [-0.39, 0.29) is 0 Å². The van der Waals surface area contributed by atoms with Gasteiger partial charge in [-0.05, 0) is 24.1 Å². The van der Waals surface area contributed by atoms with Gasteiger partial charge >= 0.3 is 0 Å². The van der Waals surface area contributed by atoms with Crippen LogP contribution in [0.2, 0.25) is 5.02 Å². The van der Waals surface area contributed by atoms with Crippen molar-refractivity contribution in [2.45, 2.75) is 19.0 Å². The molecular weight excluding hydrogens is 312 g/mol. The number of likely N-dealkylation sites (tertiary alicyclic amines) is 1. The summed E-state index contributed by atoms with van der Waals surface area (Å²) in [7, 11) is 3.74. The van der Waals surface area contributed by atoms with E-state index in [4.69, 9.17) is 16.3 Å². The van der Waals surface area contributed by atoms with Crippen LogP contribution in [-0.2, 0) is 6.54 Å². The number of likely N-dealkylation sites (N-methyl/N-ethyl adjacent to an activating group) is 1. The SMILES string of the molecule is COc1cccc(CN2CCC(N(C)c3ccncn3)C2)c1Cl. The molecule has 0 N–H and O–H groups in total. The number of nitrogens with zero attached hydrogens (tertiary/aromatic N) is 4. The summed E-state index contributed by atoms with van der Waals surface area (Å²) < 4.78 is 5.29. The van der Waals surface area contributed by atoms with E-state index < -0.39 is 0 Å². The quantitative estimate of drug-likeness (QED) is 0.842. The summed E-state index contributed by atoms with van der Waals surface area (Å²) in [5.41, 5.74) is 1.11. The first-order chi connectivity index (χ1) is 11.2. The van der Waals surface area contributed by atoms with Crippen LogP contribution in [-0.4, -0.2) is 48.2 Å². The third-order valence-electron chi connectivity index (χ3n) is 4.38. The molecule has 1 aliphatic heterocycles. The number of methoxy groups -OCH3 is 1. The zero-order chi connectivity index (χ0) is 16.2. The van der Waals surface area contributed by atoms with E-state index in [0.29, 0.717) is 11.1 Å². The smallest absolute Gasteiger partial charge is 0.137 e. The molecule has 0 spiro atoms. The van der Waals surface area contributed by atoms with E-state index in [9.17, 15) is 0 Å². The van der Waals surface area contributed by atoms with Gasteiger partial charge in [-0.15, -0.1) is 0 Å². The number of aromatic nitrogens is 2. The van der Waals surface area contributed by atoms with Crippen molar-refractivity contribution in [3.8, 4) is 5.75 Å². The van der Waals surface area contributed by atoms with E-state index in [0.717, 1.165) is 43.2 Å². The summed E-state index contributed by atoms with van der Waals surface area (Å²) in [6.45, 7) is 2.88. The lowest BCUT2D eigenvalue weighted by atomic mass is 10.2. The van der Waals surface area contributed by atoms with E-state index in [1.165, 1.54) is 0 Å². The molecule has 1 fully saturated rings. The van der Waals surface area contributed by atoms with Crippen LogP contribution in [0.4, 0.5) is 5.82 Å². The fourth-order valence-electron chi connectivity index (χ4n) is 3.03. The monoisotopic (exact) mass is 332 g/mol. The molecule has 5 nitrogen and oxygen atoms in total. The Bertz CT molecular complexity index is 652. The normalized spacial score (nSPS) is 18.1. The lowest BCUT2D eigenvalue weighted by Crippen LogP contribution is -2.35. The van der Waals surface area contributed by atoms with Crippen LogP contribution in [0, 0.1) is 0 Å². The van der Waals surface area contributed by atoms with Gasteiger partial charge in [0.2, 0.25) is 0 Å². The molecule has 0 bridgehead atoms. The molecule has 1 atom stereocenters. The van der Waals surface area contributed by atoms with E-state index in [1.807, 2.05) is 18.2 Å². The number of rotatable bonds is 5.